The van der Waals surface area contributed by atoms with Crippen LogP contribution in [-0.4, -0.2) is 18.0 Å². The number of benzene rings is 2. The number of ether oxygens (including phenoxy) is 1. The lowest BCUT2D eigenvalue weighted by Gasteiger charge is -2.16. The topological polar surface area (TPSA) is 29.5 Å². The van der Waals surface area contributed by atoms with Gasteiger partial charge in [0.2, 0.25) is 0 Å². The third-order valence-corrected chi connectivity index (χ3v) is 4.70. The van der Waals surface area contributed by atoms with Crippen molar-refractivity contribution >= 4 is 23.4 Å². The van der Waals surface area contributed by atoms with Gasteiger partial charge in [0.1, 0.15) is 5.75 Å². The minimum absolute atomic E-state index is 0.504. The molecule has 2 aromatic carbocycles. The van der Waals surface area contributed by atoms with Crippen molar-refractivity contribution in [1.29, 1.82) is 0 Å². The Kier molecular flexibility index (Phi) is 5.57. The summed E-state index contributed by atoms with van der Waals surface area (Å²) in [6.07, 6.45) is -0.504. The maximum atomic E-state index is 10.4. The molecular formula is C17H19ClO2S. The van der Waals surface area contributed by atoms with Gasteiger partial charge in [0, 0.05) is 15.7 Å². The number of thioether (sulfide) groups is 1. The van der Waals surface area contributed by atoms with Gasteiger partial charge in [-0.3, -0.25) is 0 Å². The van der Waals surface area contributed by atoms with Crippen molar-refractivity contribution in [2.75, 3.05) is 12.9 Å². The largest absolute Gasteiger partial charge is 0.496 e. The summed E-state index contributed by atoms with van der Waals surface area (Å²) < 4.78 is 5.30. The first-order chi connectivity index (χ1) is 10.0. The van der Waals surface area contributed by atoms with E-state index in [2.05, 4.69) is 0 Å². The van der Waals surface area contributed by atoms with E-state index in [9.17, 15) is 5.11 Å². The molecule has 1 unspecified atom stereocenters. The third kappa shape index (κ3) is 4.16. The lowest BCUT2D eigenvalue weighted by molar-refractivity contribution is 0.203. The average molecular weight is 323 g/mol. The Balaban J connectivity index is 2.08. The van der Waals surface area contributed by atoms with E-state index >= 15 is 0 Å². The zero-order valence-corrected chi connectivity index (χ0v) is 14.0. The molecule has 0 fully saturated rings. The number of rotatable bonds is 5. The molecule has 0 heterocycles. The molecule has 0 aromatic heterocycles. The van der Waals surface area contributed by atoms with E-state index in [1.165, 1.54) is 0 Å². The van der Waals surface area contributed by atoms with Gasteiger partial charge >= 0.3 is 0 Å². The maximum Gasteiger partial charge on any atom is 0.122 e. The Bertz CT molecular complexity index is 611. The monoisotopic (exact) mass is 322 g/mol. The Morgan fingerprint density at radius 2 is 1.81 bits per heavy atom. The minimum atomic E-state index is -0.504. The molecule has 2 rings (SSSR count). The fourth-order valence-electron chi connectivity index (χ4n) is 2.19. The smallest absolute Gasteiger partial charge is 0.122 e. The highest BCUT2D eigenvalue weighted by atomic mass is 35.5. The summed E-state index contributed by atoms with van der Waals surface area (Å²) in [6.45, 7) is 3.98. The first kappa shape index (κ1) is 16.2. The zero-order chi connectivity index (χ0) is 15.4. The molecule has 1 N–H and O–H groups in total. The van der Waals surface area contributed by atoms with Crippen molar-refractivity contribution in [3.8, 4) is 5.75 Å². The molecular weight excluding hydrogens is 304 g/mol. The number of methoxy groups -OCH3 is 1. The fraction of sp³-hybridized carbons (Fsp3) is 0.294. The van der Waals surface area contributed by atoms with Crippen molar-refractivity contribution in [3.63, 3.8) is 0 Å². The summed E-state index contributed by atoms with van der Waals surface area (Å²) in [5.41, 5.74) is 3.03. The molecule has 0 saturated carbocycles. The van der Waals surface area contributed by atoms with E-state index in [4.69, 9.17) is 16.3 Å². The second-order valence-electron chi connectivity index (χ2n) is 4.96. The highest BCUT2D eigenvalue weighted by molar-refractivity contribution is 7.99. The van der Waals surface area contributed by atoms with Crippen LogP contribution in [-0.2, 0) is 0 Å². The normalized spacial score (nSPS) is 12.2. The van der Waals surface area contributed by atoms with Crippen LogP contribution >= 0.6 is 23.4 Å². The van der Waals surface area contributed by atoms with E-state index in [0.717, 1.165) is 32.4 Å². The number of aryl methyl sites for hydroxylation is 2. The number of hydrogen-bond acceptors (Lipinski definition) is 3. The molecule has 0 radical (unpaired) electrons. The number of hydrogen-bond donors (Lipinski definition) is 1. The Morgan fingerprint density at radius 1 is 1.14 bits per heavy atom. The molecule has 2 nitrogen and oxygen atoms in total. The molecule has 1 atom stereocenters. The predicted molar refractivity (Wildman–Crippen MR) is 89.6 cm³/mol. The second-order valence-corrected chi connectivity index (χ2v) is 6.49. The lowest BCUT2D eigenvalue weighted by atomic mass is 10.0. The molecule has 0 aliphatic carbocycles. The summed E-state index contributed by atoms with van der Waals surface area (Å²) in [4.78, 5) is 1.10. The van der Waals surface area contributed by atoms with E-state index in [-0.39, 0.29) is 0 Å². The van der Waals surface area contributed by atoms with Crippen LogP contribution in [0.15, 0.2) is 41.3 Å². The molecule has 0 bridgehead atoms. The summed E-state index contributed by atoms with van der Waals surface area (Å²) in [5, 5.41) is 11.1. The van der Waals surface area contributed by atoms with Gasteiger partial charge in [-0.2, -0.15) is 0 Å². The molecule has 0 amide bonds. The summed E-state index contributed by atoms with van der Waals surface area (Å²) >= 11 is 7.48. The van der Waals surface area contributed by atoms with Crippen molar-refractivity contribution in [1.82, 2.24) is 0 Å². The standard InChI is InChI=1S/C17H19ClO2S/c1-11-9-17(20-3)12(2)8-15(11)16(19)10-21-14-6-4-13(18)5-7-14/h4-9,16,19H,10H2,1-3H3. The lowest BCUT2D eigenvalue weighted by Crippen LogP contribution is -2.04. The van der Waals surface area contributed by atoms with E-state index < -0.39 is 6.10 Å². The number of halogens is 1. The molecule has 0 aliphatic rings. The van der Waals surface area contributed by atoms with Crippen LogP contribution in [0.25, 0.3) is 0 Å². The molecule has 21 heavy (non-hydrogen) atoms. The van der Waals surface area contributed by atoms with Crippen LogP contribution in [0.5, 0.6) is 5.75 Å². The number of aliphatic hydroxyl groups excluding tert-OH is 1. The maximum absolute atomic E-state index is 10.4. The van der Waals surface area contributed by atoms with Crippen LogP contribution in [0.4, 0.5) is 0 Å². The van der Waals surface area contributed by atoms with Crippen molar-refractivity contribution in [3.05, 3.63) is 58.1 Å². The molecule has 0 aliphatic heterocycles. The molecule has 0 saturated heterocycles. The van der Waals surface area contributed by atoms with Gasteiger partial charge in [-0.1, -0.05) is 11.6 Å². The van der Waals surface area contributed by atoms with Crippen LogP contribution in [0.1, 0.15) is 22.8 Å². The summed E-state index contributed by atoms with van der Waals surface area (Å²) in [6, 6.07) is 11.6. The van der Waals surface area contributed by atoms with Gasteiger partial charge in [-0.15, -0.1) is 11.8 Å². The minimum Gasteiger partial charge on any atom is -0.496 e. The van der Waals surface area contributed by atoms with E-state index in [1.54, 1.807) is 18.9 Å². The fourth-order valence-corrected chi connectivity index (χ4v) is 3.17. The quantitative estimate of drug-likeness (QED) is 0.802. The highest BCUT2D eigenvalue weighted by Crippen LogP contribution is 2.30. The van der Waals surface area contributed by atoms with Crippen LogP contribution < -0.4 is 4.74 Å². The first-order valence-corrected chi connectivity index (χ1v) is 8.09. The Hall–Kier alpha value is -1.16. The van der Waals surface area contributed by atoms with E-state index in [1.807, 2.05) is 50.2 Å². The van der Waals surface area contributed by atoms with Crippen LogP contribution in [0, 0.1) is 13.8 Å². The Labute approximate surface area is 135 Å². The van der Waals surface area contributed by atoms with Crippen molar-refractivity contribution in [2.45, 2.75) is 24.8 Å². The van der Waals surface area contributed by atoms with Crippen molar-refractivity contribution in [2.24, 2.45) is 0 Å². The van der Waals surface area contributed by atoms with Gasteiger partial charge in [-0.25, -0.2) is 0 Å². The highest BCUT2D eigenvalue weighted by Gasteiger charge is 2.13. The Morgan fingerprint density at radius 3 is 2.43 bits per heavy atom. The first-order valence-electron chi connectivity index (χ1n) is 6.73. The van der Waals surface area contributed by atoms with Crippen LogP contribution in [0.3, 0.4) is 0 Å². The second kappa shape index (κ2) is 7.21. The molecule has 4 heteroatoms. The van der Waals surface area contributed by atoms with Gasteiger partial charge in [-0.05, 0) is 66.9 Å². The third-order valence-electron chi connectivity index (χ3n) is 3.36. The van der Waals surface area contributed by atoms with E-state index in [0.29, 0.717) is 5.75 Å². The van der Waals surface area contributed by atoms with Crippen LogP contribution in [0.2, 0.25) is 5.02 Å². The van der Waals surface area contributed by atoms with Gasteiger partial charge < -0.3 is 9.84 Å². The average Bonchev–Trinajstić information content (AvgIpc) is 2.48. The molecule has 0 spiro atoms. The van der Waals surface area contributed by atoms with Gasteiger partial charge in [0.15, 0.2) is 0 Å². The summed E-state index contributed by atoms with van der Waals surface area (Å²) in [7, 11) is 1.66. The summed E-state index contributed by atoms with van der Waals surface area (Å²) in [5.74, 6) is 1.46. The molecule has 112 valence electrons. The van der Waals surface area contributed by atoms with Gasteiger partial charge in [0.05, 0.1) is 13.2 Å². The SMILES string of the molecule is COc1cc(C)c(C(O)CSc2ccc(Cl)cc2)cc1C. The van der Waals surface area contributed by atoms with Gasteiger partial charge in [0.25, 0.3) is 0 Å². The predicted octanol–water partition coefficient (Wildman–Crippen LogP) is 4.79. The number of aliphatic hydroxyl groups is 1. The molecule has 2 aromatic rings. The zero-order valence-electron chi connectivity index (χ0n) is 12.4. The van der Waals surface area contributed by atoms with Crippen molar-refractivity contribution < 1.29 is 9.84 Å².